The van der Waals surface area contributed by atoms with Gasteiger partial charge in [-0.15, -0.1) is 0 Å². The van der Waals surface area contributed by atoms with Crippen molar-refractivity contribution in [3.63, 3.8) is 0 Å². The summed E-state index contributed by atoms with van der Waals surface area (Å²) in [5.41, 5.74) is 0. The maximum Gasteiger partial charge on any atom is 0.356 e. The Bertz CT molecular complexity index is 553. The van der Waals surface area contributed by atoms with Gasteiger partial charge in [0.15, 0.2) is 0 Å². The molecule has 0 saturated carbocycles. The van der Waals surface area contributed by atoms with Crippen LogP contribution >= 0.6 is 7.60 Å². The maximum absolute atomic E-state index is 11.2. The van der Waals surface area contributed by atoms with E-state index in [2.05, 4.69) is 0 Å². The monoisotopic (exact) mass is 224 g/mol. The predicted octanol–water partition coefficient (Wildman–Crippen LogP) is 1.35. The average molecular weight is 224 g/mol. The van der Waals surface area contributed by atoms with Crippen molar-refractivity contribution in [3.8, 4) is 5.75 Å². The zero-order valence-electron chi connectivity index (χ0n) is 7.66. The Labute approximate surface area is 86.0 Å². The lowest BCUT2D eigenvalue weighted by atomic mass is 10.1. The number of fused-ring (bicyclic) bond motifs is 1. The molecule has 2 aromatic carbocycles. The number of phenolic OH excluding ortho intramolecular Hbond substituents is 1. The van der Waals surface area contributed by atoms with Crippen molar-refractivity contribution in [2.75, 3.05) is 0 Å². The van der Waals surface area contributed by atoms with Crippen molar-refractivity contribution < 1.29 is 19.5 Å². The lowest BCUT2D eigenvalue weighted by Crippen LogP contribution is -2.04. The van der Waals surface area contributed by atoms with Gasteiger partial charge in [-0.3, -0.25) is 4.57 Å². The topological polar surface area (TPSA) is 77.8 Å². The molecule has 0 saturated heterocycles. The van der Waals surface area contributed by atoms with Crippen LogP contribution in [0, 0.1) is 0 Å². The number of benzene rings is 2. The Morgan fingerprint density at radius 1 is 1.00 bits per heavy atom. The third-order valence-corrected chi connectivity index (χ3v) is 3.17. The summed E-state index contributed by atoms with van der Waals surface area (Å²) in [5, 5.41) is 10.3. The van der Waals surface area contributed by atoms with Crippen LogP contribution in [0.2, 0.25) is 0 Å². The van der Waals surface area contributed by atoms with E-state index in [0.717, 1.165) is 0 Å². The largest absolute Gasteiger partial charge is 0.507 e. The van der Waals surface area contributed by atoms with Crippen molar-refractivity contribution in [2.24, 2.45) is 0 Å². The highest BCUT2D eigenvalue weighted by Crippen LogP contribution is 2.38. The van der Waals surface area contributed by atoms with Gasteiger partial charge in [-0.05, 0) is 17.5 Å². The van der Waals surface area contributed by atoms with Crippen molar-refractivity contribution in [1.82, 2.24) is 0 Å². The van der Waals surface area contributed by atoms with E-state index in [4.69, 9.17) is 9.79 Å². The minimum atomic E-state index is -4.35. The Kier molecular flexibility index (Phi) is 2.27. The highest BCUT2D eigenvalue weighted by Gasteiger charge is 2.21. The zero-order valence-corrected chi connectivity index (χ0v) is 8.56. The van der Waals surface area contributed by atoms with Gasteiger partial charge in [-0.2, -0.15) is 0 Å². The predicted molar refractivity (Wildman–Crippen MR) is 57.3 cm³/mol. The van der Waals surface area contributed by atoms with E-state index in [0.29, 0.717) is 5.39 Å². The first kappa shape index (κ1) is 10.2. The van der Waals surface area contributed by atoms with E-state index in [1.54, 1.807) is 24.3 Å². The second kappa shape index (κ2) is 3.35. The minimum Gasteiger partial charge on any atom is -0.507 e. The summed E-state index contributed by atoms with van der Waals surface area (Å²) in [4.78, 5) is 18.2. The summed E-state index contributed by atoms with van der Waals surface area (Å²) in [5.74, 6) is -0.119. The molecular formula is C10H9O4P. The summed E-state index contributed by atoms with van der Waals surface area (Å²) in [6, 6.07) is 9.28. The van der Waals surface area contributed by atoms with Crippen molar-refractivity contribution in [1.29, 1.82) is 0 Å². The van der Waals surface area contributed by atoms with Gasteiger partial charge in [-0.1, -0.05) is 24.3 Å². The van der Waals surface area contributed by atoms with Crippen LogP contribution in [0.25, 0.3) is 10.8 Å². The van der Waals surface area contributed by atoms with Gasteiger partial charge in [-0.25, -0.2) is 0 Å². The van der Waals surface area contributed by atoms with Gasteiger partial charge >= 0.3 is 7.60 Å². The first-order valence-corrected chi connectivity index (χ1v) is 5.88. The van der Waals surface area contributed by atoms with Gasteiger partial charge in [0.2, 0.25) is 0 Å². The summed E-state index contributed by atoms with van der Waals surface area (Å²) >= 11 is 0. The highest BCUT2D eigenvalue weighted by molar-refractivity contribution is 7.60. The first-order valence-electron chi connectivity index (χ1n) is 4.27. The quantitative estimate of drug-likeness (QED) is 0.639. The Morgan fingerprint density at radius 3 is 2.20 bits per heavy atom. The molecule has 5 heteroatoms. The van der Waals surface area contributed by atoms with Gasteiger partial charge in [0.25, 0.3) is 0 Å². The summed E-state index contributed by atoms with van der Waals surface area (Å²) < 4.78 is 11.2. The van der Waals surface area contributed by atoms with Crippen LogP contribution in [-0.4, -0.2) is 14.9 Å². The lowest BCUT2D eigenvalue weighted by Gasteiger charge is -2.09. The fraction of sp³-hybridized carbons (Fsp3) is 0. The number of hydrogen-bond acceptors (Lipinski definition) is 2. The van der Waals surface area contributed by atoms with Gasteiger partial charge < -0.3 is 14.9 Å². The Balaban J connectivity index is 2.93. The third kappa shape index (κ3) is 1.75. The fourth-order valence-electron chi connectivity index (χ4n) is 1.54. The van der Waals surface area contributed by atoms with Crippen LogP contribution in [0.15, 0.2) is 36.4 Å². The maximum atomic E-state index is 11.2. The van der Waals surface area contributed by atoms with E-state index in [1.165, 1.54) is 12.1 Å². The standard InChI is InChI=1S/C10H9O4P/c11-8-5-1-3-7-4-2-6-9(10(7)8)15(12,13)14/h1-6,11H,(H2,12,13,14). The molecule has 0 unspecified atom stereocenters. The molecule has 0 aliphatic rings. The van der Waals surface area contributed by atoms with E-state index in [-0.39, 0.29) is 16.4 Å². The molecule has 0 aliphatic heterocycles. The van der Waals surface area contributed by atoms with Crippen molar-refractivity contribution in [2.45, 2.75) is 0 Å². The molecule has 0 aromatic heterocycles. The molecule has 0 fully saturated rings. The van der Waals surface area contributed by atoms with Crippen LogP contribution in [0.1, 0.15) is 0 Å². The van der Waals surface area contributed by atoms with Gasteiger partial charge in [0.1, 0.15) is 5.75 Å². The van der Waals surface area contributed by atoms with E-state index in [9.17, 15) is 9.67 Å². The molecule has 0 bridgehead atoms. The van der Waals surface area contributed by atoms with Crippen LogP contribution in [0.4, 0.5) is 0 Å². The number of phenols is 1. The lowest BCUT2D eigenvalue weighted by molar-refractivity contribution is 0.387. The van der Waals surface area contributed by atoms with Crippen molar-refractivity contribution >= 4 is 23.7 Å². The number of aromatic hydroxyl groups is 1. The molecule has 0 spiro atoms. The molecule has 0 atom stereocenters. The summed E-state index contributed by atoms with van der Waals surface area (Å²) in [6.45, 7) is 0. The number of hydrogen-bond donors (Lipinski definition) is 3. The second-order valence-corrected chi connectivity index (χ2v) is 4.77. The average Bonchev–Trinajstić information content (AvgIpc) is 2.16. The molecule has 0 radical (unpaired) electrons. The van der Waals surface area contributed by atoms with Crippen LogP contribution in [0.5, 0.6) is 5.75 Å². The van der Waals surface area contributed by atoms with Gasteiger partial charge in [0.05, 0.1) is 5.30 Å². The third-order valence-electron chi connectivity index (χ3n) is 2.17. The highest BCUT2D eigenvalue weighted by atomic mass is 31.2. The smallest absolute Gasteiger partial charge is 0.356 e. The number of rotatable bonds is 1. The van der Waals surface area contributed by atoms with Gasteiger partial charge in [0, 0.05) is 5.39 Å². The molecule has 0 aliphatic carbocycles. The fourth-order valence-corrected chi connectivity index (χ4v) is 2.36. The molecule has 3 N–H and O–H groups in total. The Hall–Kier alpha value is -1.35. The Morgan fingerprint density at radius 2 is 1.60 bits per heavy atom. The van der Waals surface area contributed by atoms with Crippen LogP contribution < -0.4 is 5.30 Å². The van der Waals surface area contributed by atoms with Crippen molar-refractivity contribution in [3.05, 3.63) is 36.4 Å². The zero-order chi connectivity index (χ0) is 11.1. The molecule has 78 valence electrons. The van der Waals surface area contributed by atoms with E-state index in [1.807, 2.05) is 0 Å². The second-order valence-electron chi connectivity index (χ2n) is 3.20. The molecule has 4 nitrogen and oxygen atoms in total. The minimum absolute atomic E-state index is 0.119. The molecule has 15 heavy (non-hydrogen) atoms. The SMILES string of the molecule is O=P(O)(O)c1cccc2cccc(O)c12. The normalized spacial score (nSPS) is 11.9. The van der Waals surface area contributed by atoms with Crippen LogP contribution in [0.3, 0.4) is 0 Å². The first-order chi connectivity index (χ1) is 7.00. The summed E-state index contributed by atoms with van der Waals surface area (Å²) in [6.07, 6.45) is 0. The molecule has 0 amide bonds. The van der Waals surface area contributed by atoms with E-state index >= 15 is 0 Å². The molecule has 2 aromatic rings. The molecular weight excluding hydrogens is 215 g/mol. The molecule has 2 rings (SSSR count). The summed E-state index contributed by atoms with van der Waals surface area (Å²) in [7, 11) is -4.35. The van der Waals surface area contributed by atoms with Crippen LogP contribution in [-0.2, 0) is 4.57 Å². The van der Waals surface area contributed by atoms with E-state index < -0.39 is 7.60 Å². The molecule has 0 heterocycles.